The van der Waals surface area contributed by atoms with E-state index in [2.05, 4.69) is 17.1 Å². The molecule has 0 amide bonds. The Balaban J connectivity index is 2.09. The molecule has 1 unspecified atom stereocenters. The van der Waals surface area contributed by atoms with Crippen LogP contribution >= 0.6 is 0 Å². The minimum absolute atomic E-state index is 0.0822. The summed E-state index contributed by atoms with van der Waals surface area (Å²) in [4.78, 5) is 4.32. The van der Waals surface area contributed by atoms with E-state index in [-0.39, 0.29) is 6.04 Å². The molecule has 0 aliphatic heterocycles. The molecule has 1 atom stereocenters. The van der Waals surface area contributed by atoms with Crippen molar-refractivity contribution in [2.45, 2.75) is 39.2 Å². The average molecular weight is 235 g/mol. The van der Waals surface area contributed by atoms with E-state index in [0.29, 0.717) is 18.1 Å². The van der Waals surface area contributed by atoms with E-state index in [1.54, 1.807) is 6.26 Å². The topological polar surface area (TPSA) is 78.1 Å². The molecule has 0 radical (unpaired) electrons. The van der Waals surface area contributed by atoms with Gasteiger partial charge in [0.2, 0.25) is 11.7 Å². The molecule has 0 fully saturated rings. The Morgan fingerprint density at radius 1 is 1.47 bits per heavy atom. The van der Waals surface area contributed by atoms with Gasteiger partial charge in [0.05, 0.1) is 11.8 Å². The van der Waals surface area contributed by atoms with Crippen LogP contribution in [0, 0.1) is 6.92 Å². The molecule has 2 rings (SSSR count). The maximum atomic E-state index is 5.93. The average Bonchev–Trinajstić information content (AvgIpc) is 2.87. The molecule has 0 aromatic carbocycles. The SMILES string of the molecule is CCCC(N)Cc1nc(-c2ccoc2C)no1. The van der Waals surface area contributed by atoms with E-state index in [9.17, 15) is 0 Å². The summed E-state index contributed by atoms with van der Waals surface area (Å²) >= 11 is 0. The third-order valence-electron chi connectivity index (χ3n) is 2.66. The van der Waals surface area contributed by atoms with E-state index < -0.39 is 0 Å². The van der Waals surface area contributed by atoms with Gasteiger partial charge in [-0.3, -0.25) is 0 Å². The molecule has 2 aromatic heterocycles. The Labute approximate surface area is 100.0 Å². The number of rotatable bonds is 5. The van der Waals surface area contributed by atoms with Gasteiger partial charge < -0.3 is 14.7 Å². The van der Waals surface area contributed by atoms with Gasteiger partial charge in [0, 0.05) is 12.5 Å². The predicted octanol–water partition coefficient (Wildman–Crippen LogP) is 2.31. The number of hydrogen-bond acceptors (Lipinski definition) is 5. The molecule has 17 heavy (non-hydrogen) atoms. The molecule has 5 nitrogen and oxygen atoms in total. The monoisotopic (exact) mass is 235 g/mol. The number of hydrogen-bond donors (Lipinski definition) is 1. The first-order valence-corrected chi connectivity index (χ1v) is 5.83. The highest BCUT2D eigenvalue weighted by Gasteiger charge is 2.14. The lowest BCUT2D eigenvalue weighted by Gasteiger charge is -2.05. The van der Waals surface area contributed by atoms with Crippen LogP contribution in [-0.2, 0) is 6.42 Å². The van der Waals surface area contributed by atoms with Crippen LogP contribution in [0.1, 0.15) is 31.4 Å². The van der Waals surface area contributed by atoms with Crippen LogP contribution in [0.5, 0.6) is 0 Å². The molecule has 92 valence electrons. The lowest BCUT2D eigenvalue weighted by Crippen LogP contribution is -2.22. The van der Waals surface area contributed by atoms with Crippen LogP contribution in [0.4, 0.5) is 0 Å². The van der Waals surface area contributed by atoms with Crippen molar-refractivity contribution in [2.24, 2.45) is 5.73 Å². The van der Waals surface area contributed by atoms with E-state index in [0.717, 1.165) is 24.2 Å². The molecule has 0 bridgehead atoms. The minimum atomic E-state index is 0.0822. The van der Waals surface area contributed by atoms with Crippen molar-refractivity contribution in [3.8, 4) is 11.4 Å². The quantitative estimate of drug-likeness (QED) is 0.860. The fourth-order valence-corrected chi connectivity index (χ4v) is 1.76. The Bertz CT molecular complexity index is 476. The first kappa shape index (κ1) is 11.9. The van der Waals surface area contributed by atoms with Gasteiger partial charge in [0.15, 0.2) is 0 Å². The van der Waals surface area contributed by atoms with Crippen molar-refractivity contribution in [3.63, 3.8) is 0 Å². The second-order valence-corrected chi connectivity index (χ2v) is 4.16. The Morgan fingerprint density at radius 2 is 2.29 bits per heavy atom. The first-order chi connectivity index (χ1) is 8.20. The first-order valence-electron chi connectivity index (χ1n) is 5.83. The molecular weight excluding hydrogens is 218 g/mol. The van der Waals surface area contributed by atoms with Gasteiger partial charge in [-0.15, -0.1) is 0 Å². The molecule has 0 aliphatic rings. The smallest absolute Gasteiger partial charge is 0.228 e. The van der Waals surface area contributed by atoms with Crippen molar-refractivity contribution in [3.05, 3.63) is 24.0 Å². The normalized spacial score (nSPS) is 12.9. The number of nitrogens with zero attached hydrogens (tertiary/aromatic N) is 2. The van der Waals surface area contributed by atoms with Gasteiger partial charge in [-0.1, -0.05) is 18.5 Å². The summed E-state index contributed by atoms with van der Waals surface area (Å²) in [5.74, 6) is 1.94. The summed E-state index contributed by atoms with van der Waals surface area (Å²) in [6.07, 6.45) is 4.26. The largest absolute Gasteiger partial charge is 0.469 e. The van der Waals surface area contributed by atoms with Crippen molar-refractivity contribution in [1.29, 1.82) is 0 Å². The Morgan fingerprint density at radius 3 is 2.94 bits per heavy atom. The van der Waals surface area contributed by atoms with Crippen LogP contribution in [0.3, 0.4) is 0 Å². The third-order valence-corrected chi connectivity index (χ3v) is 2.66. The lowest BCUT2D eigenvalue weighted by molar-refractivity contribution is 0.366. The maximum Gasteiger partial charge on any atom is 0.228 e. The van der Waals surface area contributed by atoms with Gasteiger partial charge >= 0.3 is 0 Å². The van der Waals surface area contributed by atoms with Crippen LogP contribution in [0.15, 0.2) is 21.3 Å². The molecule has 2 N–H and O–H groups in total. The van der Waals surface area contributed by atoms with E-state index in [4.69, 9.17) is 14.7 Å². The van der Waals surface area contributed by atoms with Crippen LogP contribution in [0.25, 0.3) is 11.4 Å². The summed E-state index contributed by atoms with van der Waals surface area (Å²) in [5.41, 5.74) is 6.79. The standard InChI is InChI=1S/C12H17N3O2/c1-3-4-9(13)7-11-14-12(15-17-11)10-5-6-16-8(10)2/h5-6,9H,3-4,7,13H2,1-2H3. The van der Waals surface area contributed by atoms with Gasteiger partial charge in [-0.25, -0.2) is 0 Å². The molecule has 2 aromatic rings. The van der Waals surface area contributed by atoms with Crippen LogP contribution in [-0.4, -0.2) is 16.2 Å². The molecule has 2 heterocycles. The van der Waals surface area contributed by atoms with Gasteiger partial charge in [0.25, 0.3) is 0 Å². The van der Waals surface area contributed by atoms with Crippen LogP contribution in [0.2, 0.25) is 0 Å². The zero-order valence-corrected chi connectivity index (χ0v) is 10.1. The summed E-state index contributed by atoms with van der Waals surface area (Å²) in [5, 5.41) is 3.93. The van der Waals surface area contributed by atoms with Crippen molar-refractivity contribution in [2.75, 3.05) is 0 Å². The zero-order valence-electron chi connectivity index (χ0n) is 10.1. The predicted molar refractivity (Wildman–Crippen MR) is 63.3 cm³/mol. The van der Waals surface area contributed by atoms with E-state index >= 15 is 0 Å². The lowest BCUT2D eigenvalue weighted by atomic mass is 10.1. The minimum Gasteiger partial charge on any atom is -0.469 e. The van der Waals surface area contributed by atoms with E-state index in [1.807, 2.05) is 13.0 Å². The van der Waals surface area contributed by atoms with Crippen molar-refractivity contribution >= 4 is 0 Å². The fraction of sp³-hybridized carbons (Fsp3) is 0.500. The molecular formula is C12H17N3O2. The summed E-state index contributed by atoms with van der Waals surface area (Å²) < 4.78 is 10.4. The second-order valence-electron chi connectivity index (χ2n) is 4.16. The van der Waals surface area contributed by atoms with Gasteiger partial charge in [-0.2, -0.15) is 4.98 Å². The molecule has 5 heteroatoms. The second kappa shape index (κ2) is 5.14. The third kappa shape index (κ3) is 2.74. The summed E-state index contributed by atoms with van der Waals surface area (Å²) in [7, 11) is 0. The summed E-state index contributed by atoms with van der Waals surface area (Å²) in [6.45, 7) is 3.97. The van der Waals surface area contributed by atoms with E-state index in [1.165, 1.54) is 0 Å². The Hall–Kier alpha value is -1.62. The van der Waals surface area contributed by atoms with Gasteiger partial charge in [-0.05, 0) is 19.4 Å². The molecule has 0 spiro atoms. The highest BCUT2D eigenvalue weighted by atomic mass is 16.5. The molecule has 0 saturated carbocycles. The highest BCUT2D eigenvalue weighted by Crippen LogP contribution is 2.21. The van der Waals surface area contributed by atoms with Crippen molar-refractivity contribution < 1.29 is 8.94 Å². The summed E-state index contributed by atoms with van der Waals surface area (Å²) in [6, 6.07) is 1.91. The van der Waals surface area contributed by atoms with Crippen LogP contribution < -0.4 is 5.73 Å². The molecule has 0 saturated heterocycles. The number of aryl methyl sites for hydroxylation is 1. The zero-order chi connectivity index (χ0) is 12.3. The highest BCUT2D eigenvalue weighted by molar-refractivity contribution is 5.56. The van der Waals surface area contributed by atoms with Crippen molar-refractivity contribution in [1.82, 2.24) is 10.1 Å². The molecule has 0 aliphatic carbocycles. The number of furan rings is 1. The maximum absolute atomic E-state index is 5.93. The fourth-order valence-electron chi connectivity index (χ4n) is 1.76. The number of aromatic nitrogens is 2. The number of nitrogens with two attached hydrogens (primary N) is 1. The van der Waals surface area contributed by atoms with Gasteiger partial charge in [0.1, 0.15) is 5.76 Å². The Kier molecular flexibility index (Phi) is 3.58.